The number of aryl methyl sites for hydroxylation is 1. The first-order valence-corrected chi connectivity index (χ1v) is 13.2. The van der Waals surface area contributed by atoms with Crippen molar-refractivity contribution in [3.8, 4) is 0 Å². The van der Waals surface area contributed by atoms with Crippen LogP contribution in [0.4, 0.5) is 13.2 Å². The molecule has 0 radical (unpaired) electrons. The number of aromatic nitrogens is 4. The molecule has 3 aromatic rings. The van der Waals surface area contributed by atoms with Crippen molar-refractivity contribution in [2.45, 2.75) is 56.8 Å². The lowest BCUT2D eigenvalue weighted by atomic mass is 10.1. The quantitative estimate of drug-likeness (QED) is 0.281. The van der Waals surface area contributed by atoms with Crippen LogP contribution in [-0.4, -0.2) is 67.6 Å². The number of rotatable bonds is 10. The summed E-state index contributed by atoms with van der Waals surface area (Å²) in [5.74, 6) is 1.04. The Morgan fingerprint density at radius 3 is 2.58 bits per heavy atom. The van der Waals surface area contributed by atoms with E-state index in [4.69, 9.17) is 0 Å². The van der Waals surface area contributed by atoms with E-state index < -0.39 is 11.7 Å². The van der Waals surface area contributed by atoms with E-state index >= 15 is 0 Å². The molecule has 1 amide bonds. The fourth-order valence-corrected chi connectivity index (χ4v) is 5.36. The highest BCUT2D eigenvalue weighted by Crippen LogP contribution is 2.34. The first-order chi connectivity index (χ1) is 17.3. The van der Waals surface area contributed by atoms with Gasteiger partial charge in [0.15, 0.2) is 0 Å². The summed E-state index contributed by atoms with van der Waals surface area (Å²) in [5.41, 5.74) is 0.659. The van der Waals surface area contributed by atoms with Crippen molar-refractivity contribution in [2.24, 2.45) is 0 Å². The van der Waals surface area contributed by atoms with E-state index in [-0.39, 0.29) is 5.91 Å². The number of hydrogen-bond donors (Lipinski definition) is 0. The molecule has 0 unspecified atom stereocenters. The Bertz CT molecular complexity index is 1160. The lowest BCUT2D eigenvalue weighted by Gasteiger charge is -2.33. The van der Waals surface area contributed by atoms with Crippen LogP contribution in [0.3, 0.4) is 0 Å². The zero-order chi connectivity index (χ0) is 25.5. The van der Waals surface area contributed by atoms with Gasteiger partial charge in [0.05, 0.1) is 16.8 Å². The molecule has 1 aromatic carbocycles. The normalized spacial score (nSPS) is 15.1. The minimum atomic E-state index is -4.36. The van der Waals surface area contributed by atoms with Crippen molar-refractivity contribution in [3.05, 3.63) is 47.9 Å². The summed E-state index contributed by atoms with van der Waals surface area (Å²) in [6.45, 7) is 6.43. The summed E-state index contributed by atoms with van der Waals surface area (Å²) in [4.78, 5) is 20.7. The van der Waals surface area contributed by atoms with E-state index in [1.54, 1.807) is 24.9 Å². The Morgan fingerprint density at radius 2 is 1.83 bits per heavy atom. The number of unbranched alkanes of at least 4 members (excludes halogenated alkanes) is 3. The highest BCUT2D eigenvalue weighted by Gasteiger charge is 2.30. The van der Waals surface area contributed by atoms with Crippen molar-refractivity contribution in [1.82, 2.24) is 29.8 Å². The smallest absolute Gasteiger partial charge is 0.340 e. The molecule has 11 heteroatoms. The predicted molar refractivity (Wildman–Crippen MR) is 133 cm³/mol. The maximum absolute atomic E-state index is 13.0. The third kappa shape index (κ3) is 7.19. The second-order valence-corrected chi connectivity index (χ2v) is 10.2. The van der Waals surface area contributed by atoms with Crippen molar-refractivity contribution < 1.29 is 18.0 Å². The van der Waals surface area contributed by atoms with Crippen LogP contribution >= 0.6 is 11.8 Å². The van der Waals surface area contributed by atoms with Gasteiger partial charge in [0, 0.05) is 68.9 Å². The summed E-state index contributed by atoms with van der Waals surface area (Å²) >= 11 is 1.66. The topological polar surface area (TPSA) is 67.2 Å². The summed E-state index contributed by atoms with van der Waals surface area (Å²) in [7, 11) is 0. The summed E-state index contributed by atoms with van der Waals surface area (Å²) in [6, 6.07) is 5.62. The van der Waals surface area contributed by atoms with E-state index in [1.807, 2.05) is 21.8 Å². The molecule has 0 N–H and O–H groups in total. The average molecular weight is 521 g/mol. The van der Waals surface area contributed by atoms with Gasteiger partial charge in [-0.15, -0.1) is 16.9 Å². The molecule has 0 bridgehead atoms. The fraction of sp³-hybridized carbons (Fsp3) is 0.520. The Hall–Kier alpha value is -2.66. The molecule has 7 nitrogen and oxygen atoms in total. The number of carbonyl (C=O) groups excluding carboxylic acids is 1. The summed E-state index contributed by atoms with van der Waals surface area (Å²) in [5, 5.41) is 9.30. The first-order valence-electron chi connectivity index (χ1n) is 12.3. The van der Waals surface area contributed by atoms with Gasteiger partial charge in [0.1, 0.15) is 0 Å². The molecule has 1 aliphatic heterocycles. The molecule has 1 saturated heterocycles. The number of fused-ring (bicyclic) bond motifs is 1. The summed E-state index contributed by atoms with van der Waals surface area (Å²) in [6.07, 6.45) is 3.42. The van der Waals surface area contributed by atoms with Crippen molar-refractivity contribution in [1.29, 1.82) is 0 Å². The highest BCUT2D eigenvalue weighted by molar-refractivity contribution is 7.99. The van der Waals surface area contributed by atoms with E-state index in [2.05, 4.69) is 20.2 Å². The van der Waals surface area contributed by atoms with Crippen LogP contribution in [0.25, 0.3) is 10.9 Å². The van der Waals surface area contributed by atoms with Crippen LogP contribution in [-0.2, 0) is 24.1 Å². The summed E-state index contributed by atoms with van der Waals surface area (Å²) < 4.78 is 40.7. The van der Waals surface area contributed by atoms with Crippen molar-refractivity contribution in [3.63, 3.8) is 0 Å². The molecule has 2 aromatic heterocycles. The molecular weight excluding hydrogens is 489 g/mol. The van der Waals surface area contributed by atoms with Crippen LogP contribution < -0.4 is 0 Å². The number of pyridine rings is 1. The highest BCUT2D eigenvalue weighted by atomic mass is 32.2. The van der Waals surface area contributed by atoms with E-state index in [9.17, 15) is 18.0 Å². The average Bonchev–Trinajstić information content (AvgIpc) is 3.30. The van der Waals surface area contributed by atoms with Gasteiger partial charge in [-0.25, -0.2) is 0 Å². The fourth-order valence-electron chi connectivity index (χ4n) is 4.31. The lowest BCUT2D eigenvalue weighted by molar-refractivity contribution is -0.137. The maximum atomic E-state index is 13.0. The Kier molecular flexibility index (Phi) is 8.84. The molecule has 0 aliphatic carbocycles. The molecule has 4 rings (SSSR count). The Morgan fingerprint density at radius 1 is 1.06 bits per heavy atom. The molecule has 0 spiro atoms. The molecule has 1 aliphatic rings. The minimum Gasteiger partial charge on any atom is -0.340 e. The van der Waals surface area contributed by atoms with E-state index in [0.29, 0.717) is 5.52 Å². The van der Waals surface area contributed by atoms with Gasteiger partial charge in [-0.1, -0.05) is 24.1 Å². The second-order valence-electron chi connectivity index (χ2n) is 9.06. The van der Waals surface area contributed by atoms with Gasteiger partial charge in [-0.2, -0.15) is 13.2 Å². The molecule has 3 heterocycles. The van der Waals surface area contributed by atoms with Gasteiger partial charge in [-0.3, -0.25) is 19.4 Å². The molecular formula is C25H31F3N6OS. The van der Waals surface area contributed by atoms with Crippen LogP contribution in [0, 0.1) is 0 Å². The second kappa shape index (κ2) is 12.1. The standard InChI is InChI=1S/C25H31F3N6OS/c1-19(35)33-13-11-32(12-14-33)17-21-18-34(31-30-21)10-4-2-3-5-15-36-24-8-9-29-23-16-20(25(26,27)28)6-7-22(23)24/h6-9,16,18H,2-5,10-15,17H2,1H3. The zero-order valence-corrected chi connectivity index (χ0v) is 21.2. The molecule has 1 fully saturated rings. The van der Waals surface area contributed by atoms with Gasteiger partial charge in [0.2, 0.25) is 5.91 Å². The SMILES string of the molecule is CC(=O)N1CCN(Cc2cn(CCCCCCSc3ccnc4cc(C(F)(F)F)ccc34)nn2)CC1. The Labute approximate surface area is 213 Å². The number of amides is 1. The van der Waals surface area contributed by atoms with Crippen LogP contribution in [0.1, 0.15) is 43.9 Å². The number of halogens is 3. The van der Waals surface area contributed by atoms with Gasteiger partial charge in [-0.05, 0) is 36.8 Å². The molecule has 36 heavy (non-hydrogen) atoms. The zero-order valence-electron chi connectivity index (χ0n) is 20.4. The minimum absolute atomic E-state index is 0.132. The third-order valence-corrected chi connectivity index (χ3v) is 7.52. The number of alkyl halides is 3. The number of hydrogen-bond acceptors (Lipinski definition) is 6. The monoisotopic (exact) mass is 520 g/mol. The van der Waals surface area contributed by atoms with E-state index in [0.717, 1.165) is 98.8 Å². The molecule has 0 atom stereocenters. The number of piperazine rings is 1. The Balaban J connectivity index is 1.13. The van der Waals surface area contributed by atoms with E-state index in [1.165, 1.54) is 6.07 Å². The maximum Gasteiger partial charge on any atom is 0.416 e. The number of nitrogens with zero attached hydrogens (tertiary/aromatic N) is 6. The van der Waals surface area contributed by atoms with Crippen molar-refractivity contribution >= 4 is 28.6 Å². The van der Waals surface area contributed by atoms with Crippen LogP contribution in [0.5, 0.6) is 0 Å². The number of thioether (sulfide) groups is 1. The van der Waals surface area contributed by atoms with Gasteiger partial charge >= 0.3 is 6.18 Å². The largest absolute Gasteiger partial charge is 0.416 e. The van der Waals surface area contributed by atoms with Crippen molar-refractivity contribution in [2.75, 3.05) is 31.9 Å². The van der Waals surface area contributed by atoms with Gasteiger partial charge < -0.3 is 4.90 Å². The van der Waals surface area contributed by atoms with Crippen LogP contribution in [0.2, 0.25) is 0 Å². The molecule has 0 saturated carbocycles. The number of carbonyl (C=O) groups is 1. The first kappa shape index (κ1) is 26.4. The molecule has 194 valence electrons. The predicted octanol–water partition coefficient (Wildman–Crippen LogP) is 4.86. The third-order valence-electron chi connectivity index (χ3n) is 6.36. The van der Waals surface area contributed by atoms with Gasteiger partial charge in [0.25, 0.3) is 0 Å². The van der Waals surface area contributed by atoms with Crippen LogP contribution in [0.15, 0.2) is 41.6 Å². The lowest BCUT2D eigenvalue weighted by Crippen LogP contribution is -2.47. The number of benzene rings is 1.